The molecule has 0 fully saturated rings. The van der Waals surface area contributed by atoms with Gasteiger partial charge in [-0.15, -0.1) is 0 Å². The maximum Gasteiger partial charge on any atom is 0.264 e. The lowest BCUT2D eigenvalue weighted by atomic mass is 10.1. The number of fused-ring (bicyclic) bond motifs is 1. The molecule has 0 aliphatic rings. The lowest BCUT2D eigenvalue weighted by Crippen LogP contribution is -1.99. The minimum Gasteiger partial charge on any atom is -0.495 e. The quantitative estimate of drug-likeness (QED) is 0.381. The molecule has 0 radical (unpaired) electrons. The van der Waals surface area contributed by atoms with E-state index in [1.165, 1.54) is 13.2 Å². The number of hydrogen-bond donors (Lipinski definition) is 0. The number of nitrogens with zero attached hydrogens (tertiary/aromatic N) is 3. The van der Waals surface area contributed by atoms with Gasteiger partial charge >= 0.3 is 0 Å². The number of methoxy groups -OCH3 is 1. The fourth-order valence-electron chi connectivity index (χ4n) is 2.30. The minimum atomic E-state index is -3.88. The first-order valence-corrected chi connectivity index (χ1v) is 10.3. The Hall–Kier alpha value is -1.77. The third-order valence-corrected chi connectivity index (χ3v) is 5.55. The molecule has 3 rings (SSSR count). The molecule has 0 unspecified atom stereocenters. The van der Waals surface area contributed by atoms with Gasteiger partial charge in [-0.05, 0) is 17.9 Å². The summed E-state index contributed by atoms with van der Waals surface area (Å²) in [6.07, 6.45) is 3.57. The van der Waals surface area contributed by atoms with E-state index in [0.717, 1.165) is 22.1 Å². The average molecular weight is 384 g/mol. The van der Waals surface area contributed by atoms with Gasteiger partial charge in [0.1, 0.15) is 16.3 Å². The maximum absolute atomic E-state index is 11.6. The number of rotatable bonds is 5. The Kier molecular flexibility index (Phi) is 4.71. The van der Waals surface area contributed by atoms with Crippen molar-refractivity contribution in [3.63, 3.8) is 0 Å². The van der Waals surface area contributed by atoms with Gasteiger partial charge in [0.2, 0.25) is 0 Å². The smallest absolute Gasteiger partial charge is 0.264 e. The van der Waals surface area contributed by atoms with E-state index in [1.54, 1.807) is 30.1 Å². The lowest BCUT2D eigenvalue weighted by molar-refractivity contribution is 0.403. The van der Waals surface area contributed by atoms with Gasteiger partial charge in [0.15, 0.2) is 5.16 Å². The topological polar surface area (TPSA) is 73.6 Å². The van der Waals surface area contributed by atoms with Crippen LogP contribution in [0.15, 0.2) is 46.7 Å². The molecular formula is C15H14ClN3O3S2. The predicted octanol–water partition coefficient (Wildman–Crippen LogP) is 3.44. The zero-order valence-electron chi connectivity index (χ0n) is 12.9. The third-order valence-electron chi connectivity index (χ3n) is 3.35. The molecule has 0 saturated heterocycles. The van der Waals surface area contributed by atoms with Gasteiger partial charge in [-0.25, -0.2) is 18.4 Å². The van der Waals surface area contributed by atoms with Gasteiger partial charge in [-0.1, -0.05) is 24.8 Å². The summed E-state index contributed by atoms with van der Waals surface area (Å²) in [5.74, 6) is 1.05. The van der Waals surface area contributed by atoms with Gasteiger partial charge in [0.25, 0.3) is 9.05 Å². The Balaban J connectivity index is 2.17. The molecule has 6 nitrogen and oxygen atoms in total. The van der Waals surface area contributed by atoms with Crippen molar-refractivity contribution in [3.05, 3.63) is 36.7 Å². The molecule has 0 saturated carbocycles. The van der Waals surface area contributed by atoms with Crippen molar-refractivity contribution in [2.75, 3.05) is 12.9 Å². The average Bonchev–Trinajstić information content (AvgIpc) is 3.02. The highest BCUT2D eigenvalue weighted by atomic mass is 35.7. The number of aromatic nitrogens is 3. The van der Waals surface area contributed by atoms with Crippen LogP contribution in [-0.2, 0) is 9.05 Å². The highest BCUT2D eigenvalue weighted by Crippen LogP contribution is 2.32. The van der Waals surface area contributed by atoms with Crippen LogP contribution in [0.2, 0.25) is 0 Å². The van der Waals surface area contributed by atoms with Crippen molar-refractivity contribution < 1.29 is 13.2 Å². The van der Waals surface area contributed by atoms with Crippen LogP contribution in [0.25, 0.3) is 16.9 Å². The van der Waals surface area contributed by atoms with Crippen LogP contribution in [0.1, 0.15) is 6.92 Å². The molecule has 0 bridgehead atoms. The normalized spacial score (nSPS) is 11.8. The Morgan fingerprint density at radius 3 is 2.79 bits per heavy atom. The largest absolute Gasteiger partial charge is 0.495 e. The summed E-state index contributed by atoms with van der Waals surface area (Å²) in [6.45, 7) is 2.05. The fraction of sp³-hybridized carbons (Fsp3) is 0.200. The van der Waals surface area contributed by atoms with Crippen molar-refractivity contribution in [3.8, 4) is 17.0 Å². The minimum absolute atomic E-state index is 0.0690. The van der Waals surface area contributed by atoms with Gasteiger partial charge in [-0.2, -0.15) is 0 Å². The first-order valence-electron chi connectivity index (χ1n) is 7.04. The van der Waals surface area contributed by atoms with E-state index in [0.29, 0.717) is 5.69 Å². The van der Waals surface area contributed by atoms with Crippen molar-refractivity contribution in [1.29, 1.82) is 0 Å². The fourth-order valence-corrected chi connectivity index (χ4v) is 4.01. The van der Waals surface area contributed by atoms with Crippen molar-refractivity contribution >= 4 is 37.1 Å². The van der Waals surface area contributed by atoms with Gasteiger partial charge in [0, 0.05) is 34.7 Å². The van der Waals surface area contributed by atoms with Gasteiger partial charge in [0.05, 0.1) is 12.8 Å². The molecule has 0 atom stereocenters. The van der Waals surface area contributed by atoms with E-state index in [1.807, 2.05) is 23.6 Å². The summed E-state index contributed by atoms with van der Waals surface area (Å²) < 4.78 is 30.3. The maximum atomic E-state index is 11.6. The van der Waals surface area contributed by atoms with Crippen molar-refractivity contribution in [2.45, 2.75) is 17.0 Å². The molecule has 0 N–H and O–H groups in total. The number of halogens is 1. The summed E-state index contributed by atoms with van der Waals surface area (Å²) >= 11 is 1.60. The van der Waals surface area contributed by atoms with E-state index in [9.17, 15) is 8.42 Å². The van der Waals surface area contributed by atoms with Crippen LogP contribution in [-0.4, -0.2) is 35.6 Å². The van der Waals surface area contributed by atoms with Crippen molar-refractivity contribution in [1.82, 2.24) is 14.4 Å². The zero-order valence-corrected chi connectivity index (χ0v) is 15.3. The molecule has 126 valence electrons. The second-order valence-electron chi connectivity index (χ2n) is 4.82. The van der Waals surface area contributed by atoms with Crippen LogP contribution in [0, 0.1) is 0 Å². The molecule has 9 heteroatoms. The molecule has 0 amide bonds. The monoisotopic (exact) mass is 383 g/mol. The molecule has 3 aromatic rings. The SMILES string of the molecule is CCSc1nc(-c2ccc(S(=O)(=O)Cl)c(OC)c2)cc2nccn12. The number of imidazole rings is 1. The molecule has 2 aromatic heterocycles. The Morgan fingerprint density at radius 2 is 2.12 bits per heavy atom. The second-order valence-corrected chi connectivity index (χ2v) is 8.58. The van der Waals surface area contributed by atoms with Crippen LogP contribution < -0.4 is 4.74 Å². The molecule has 0 aliphatic carbocycles. The number of benzene rings is 1. The van der Waals surface area contributed by atoms with E-state index in [-0.39, 0.29) is 10.6 Å². The lowest BCUT2D eigenvalue weighted by Gasteiger charge is -2.10. The Bertz CT molecular complexity index is 1000. The van der Waals surface area contributed by atoms with Crippen LogP contribution >= 0.6 is 22.4 Å². The summed E-state index contributed by atoms with van der Waals surface area (Å²) in [7, 11) is 2.95. The van der Waals surface area contributed by atoms with Gasteiger partial charge in [-0.3, -0.25) is 4.40 Å². The Morgan fingerprint density at radius 1 is 1.33 bits per heavy atom. The van der Waals surface area contributed by atoms with E-state index >= 15 is 0 Å². The Labute approximate surface area is 148 Å². The molecule has 0 aliphatic heterocycles. The number of hydrogen-bond acceptors (Lipinski definition) is 6. The van der Waals surface area contributed by atoms with Crippen LogP contribution in [0.4, 0.5) is 0 Å². The molecular weight excluding hydrogens is 370 g/mol. The van der Waals surface area contributed by atoms with Crippen LogP contribution in [0.5, 0.6) is 5.75 Å². The van der Waals surface area contributed by atoms with Gasteiger partial charge < -0.3 is 4.74 Å². The standard InChI is InChI=1S/C15H14ClN3O3S2/c1-3-23-15-18-11(9-14-17-6-7-19(14)15)10-4-5-13(24(16,20)21)12(8-10)22-2/h4-9H,3H2,1-2H3. The van der Waals surface area contributed by atoms with E-state index < -0.39 is 9.05 Å². The van der Waals surface area contributed by atoms with Crippen molar-refractivity contribution in [2.24, 2.45) is 0 Å². The molecule has 0 spiro atoms. The molecule has 2 heterocycles. The predicted molar refractivity (Wildman–Crippen MR) is 94.4 cm³/mol. The summed E-state index contributed by atoms with van der Waals surface area (Å²) in [5.41, 5.74) is 2.17. The van der Waals surface area contributed by atoms with E-state index in [2.05, 4.69) is 9.97 Å². The van der Waals surface area contributed by atoms with Crippen LogP contribution in [0.3, 0.4) is 0 Å². The first-order chi connectivity index (χ1) is 11.4. The first kappa shape index (κ1) is 17.1. The number of ether oxygens (including phenoxy) is 1. The molecule has 24 heavy (non-hydrogen) atoms. The van der Waals surface area contributed by atoms with E-state index in [4.69, 9.17) is 15.4 Å². The highest BCUT2D eigenvalue weighted by molar-refractivity contribution is 8.13. The highest BCUT2D eigenvalue weighted by Gasteiger charge is 2.18. The molecule has 1 aromatic carbocycles. The third kappa shape index (κ3) is 3.22. The summed E-state index contributed by atoms with van der Waals surface area (Å²) in [4.78, 5) is 8.89. The summed E-state index contributed by atoms with van der Waals surface area (Å²) in [5, 5.41) is 0.815. The summed E-state index contributed by atoms with van der Waals surface area (Å²) in [6, 6.07) is 6.52. The number of thioether (sulfide) groups is 1. The second kappa shape index (κ2) is 6.62. The zero-order chi connectivity index (χ0) is 17.3.